The van der Waals surface area contributed by atoms with Crippen LogP contribution in [0.5, 0.6) is 0 Å². The molecule has 124 valence electrons. The van der Waals surface area contributed by atoms with Gasteiger partial charge in [-0.05, 0) is 19.8 Å². The molecule has 0 unspecified atom stereocenters. The fraction of sp³-hybridized carbons (Fsp3) is 0.600. The van der Waals surface area contributed by atoms with Crippen LogP contribution in [-0.4, -0.2) is 43.8 Å². The summed E-state index contributed by atoms with van der Waals surface area (Å²) in [6, 6.07) is 0. The molecule has 23 heavy (non-hydrogen) atoms. The maximum atomic E-state index is 12.2. The molecule has 1 N–H and O–H groups in total. The molecule has 0 saturated carbocycles. The second-order valence-electron chi connectivity index (χ2n) is 5.78. The van der Waals surface area contributed by atoms with Crippen molar-refractivity contribution in [1.82, 2.24) is 30.1 Å². The maximum Gasteiger partial charge on any atom is 0.271 e. The van der Waals surface area contributed by atoms with E-state index in [1.807, 2.05) is 17.1 Å². The van der Waals surface area contributed by atoms with Crippen molar-refractivity contribution in [3.63, 3.8) is 0 Å². The Hall–Kier alpha value is -2.22. The highest BCUT2D eigenvalue weighted by Gasteiger charge is 2.29. The van der Waals surface area contributed by atoms with Crippen LogP contribution >= 0.6 is 0 Å². The summed E-state index contributed by atoms with van der Waals surface area (Å²) in [6.07, 6.45) is 7.36. The van der Waals surface area contributed by atoms with Gasteiger partial charge in [0, 0.05) is 44.4 Å². The third kappa shape index (κ3) is 3.42. The molecule has 1 aliphatic heterocycles. The number of carbonyl (C=O) groups excluding carboxylic acids is 1. The summed E-state index contributed by atoms with van der Waals surface area (Å²) in [7, 11) is 1.70. The summed E-state index contributed by atoms with van der Waals surface area (Å²) in [6.45, 7) is 4.20. The molecule has 1 saturated heterocycles. The molecule has 0 spiro atoms. The van der Waals surface area contributed by atoms with E-state index in [-0.39, 0.29) is 17.9 Å². The lowest BCUT2D eigenvalue weighted by atomic mass is 9.91. The standard InChI is InChI=1S/C15H22N6O2/c1-3-21-10-12(8-18-21)14-11(5-4-6-23-14)7-16-15(22)13-9-17-19-20(13)2/h8-11,14H,3-7H2,1-2H3,(H,16,22)/t11-,14+/m0/s1. The van der Waals surface area contributed by atoms with E-state index in [4.69, 9.17) is 4.74 Å². The van der Waals surface area contributed by atoms with Gasteiger partial charge in [-0.2, -0.15) is 5.10 Å². The maximum absolute atomic E-state index is 12.2. The van der Waals surface area contributed by atoms with Crippen LogP contribution in [-0.2, 0) is 18.3 Å². The van der Waals surface area contributed by atoms with Crippen LogP contribution in [0.4, 0.5) is 0 Å². The molecule has 0 radical (unpaired) electrons. The number of aryl methyl sites for hydroxylation is 2. The summed E-state index contributed by atoms with van der Waals surface area (Å²) in [4.78, 5) is 12.2. The van der Waals surface area contributed by atoms with Crippen molar-refractivity contribution in [3.05, 3.63) is 29.8 Å². The summed E-state index contributed by atoms with van der Waals surface area (Å²) >= 11 is 0. The number of carbonyl (C=O) groups is 1. The zero-order valence-corrected chi connectivity index (χ0v) is 13.5. The largest absolute Gasteiger partial charge is 0.373 e. The molecule has 1 fully saturated rings. The van der Waals surface area contributed by atoms with Gasteiger partial charge in [-0.15, -0.1) is 5.10 Å². The highest BCUT2D eigenvalue weighted by Crippen LogP contribution is 2.33. The number of aromatic nitrogens is 5. The van der Waals surface area contributed by atoms with Gasteiger partial charge in [0.1, 0.15) is 5.69 Å². The van der Waals surface area contributed by atoms with Crippen LogP contribution in [0.1, 0.15) is 41.9 Å². The van der Waals surface area contributed by atoms with Gasteiger partial charge >= 0.3 is 0 Å². The van der Waals surface area contributed by atoms with Crippen LogP contribution in [0.2, 0.25) is 0 Å². The monoisotopic (exact) mass is 318 g/mol. The third-order valence-corrected chi connectivity index (χ3v) is 4.22. The predicted octanol–water partition coefficient (Wildman–Crippen LogP) is 0.929. The van der Waals surface area contributed by atoms with Crippen molar-refractivity contribution in [2.45, 2.75) is 32.4 Å². The molecule has 2 aromatic rings. The van der Waals surface area contributed by atoms with Crippen LogP contribution < -0.4 is 5.32 Å². The fourth-order valence-corrected chi connectivity index (χ4v) is 2.93. The molecule has 0 aromatic carbocycles. The highest BCUT2D eigenvalue weighted by atomic mass is 16.5. The minimum Gasteiger partial charge on any atom is -0.373 e. The second kappa shape index (κ2) is 6.91. The molecule has 8 nitrogen and oxygen atoms in total. The van der Waals surface area contributed by atoms with Crippen molar-refractivity contribution < 1.29 is 9.53 Å². The van der Waals surface area contributed by atoms with Gasteiger partial charge in [-0.3, -0.25) is 9.48 Å². The molecule has 2 aromatic heterocycles. The Morgan fingerprint density at radius 3 is 3.04 bits per heavy atom. The molecule has 0 aliphatic carbocycles. The van der Waals surface area contributed by atoms with Gasteiger partial charge in [0.05, 0.1) is 18.5 Å². The lowest BCUT2D eigenvalue weighted by Crippen LogP contribution is -2.35. The minimum absolute atomic E-state index is 0.0194. The number of nitrogens with one attached hydrogen (secondary N) is 1. The van der Waals surface area contributed by atoms with E-state index in [1.165, 1.54) is 10.9 Å². The Balaban J connectivity index is 1.65. The normalized spacial score (nSPS) is 21.3. The van der Waals surface area contributed by atoms with Gasteiger partial charge in [0.2, 0.25) is 0 Å². The van der Waals surface area contributed by atoms with E-state index in [9.17, 15) is 4.79 Å². The van der Waals surface area contributed by atoms with Crippen LogP contribution in [0.25, 0.3) is 0 Å². The Labute approximate surface area is 134 Å². The average Bonchev–Trinajstić information content (AvgIpc) is 3.21. The van der Waals surface area contributed by atoms with Crippen molar-refractivity contribution in [1.29, 1.82) is 0 Å². The van der Waals surface area contributed by atoms with E-state index in [0.29, 0.717) is 12.2 Å². The van der Waals surface area contributed by atoms with Gasteiger partial charge < -0.3 is 10.1 Å². The van der Waals surface area contributed by atoms with E-state index in [2.05, 4.69) is 27.7 Å². The SMILES string of the molecule is CCn1cc([C@@H]2OCCC[C@H]2CNC(=O)c2cnnn2C)cn1. The number of ether oxygens (including phenoxy) is 1. The summed E-state index contributed by atoms with van der Waals surface area (Å²) in [5, 5.41) is 14.8. The number of nitrogens with zero attached hydrogens (tertiary/aromatic N) is 5. The first-order chi connectivity index (χ1) is 11.2. The highest BCUT2D eigenvalue weighted by molar-refractivity contribution is 5.92. The number of hydrogen-bond donors (Lipinski definition) is 1. The number of rotatable bonds is 5. The summed E-state index contributed by atoms with van der Waals surface area (Å²) < 4.78 is 9.31. The number of hydrogen-bond acceptors (Lipinski definition) is 5. The zero-order valence-electron chi connectivity index (χ0n) is 13.5. The topological polar surface area (TPSA) is 86.9 Å². The van der Waals surface area contributed by atoms with Gasteiger partial charge in [-0.25, -0.2) is 4.68 Å². The molecule has 1 amide bonds. The van der Waals surface area contributed by atoms with Crippen LogP contribution in [0.15, 0.2) is 18.6 Å². The van der Waals surface area contributed by atoms with Crippen molar-refractivity contribution >= 4 is 5.91 Å². The first kappa shape index (κ1) is 15.7. The van der Waals surface area contributed by atoms with Crippen molar-refractivity contribution in [2.75, 3.05) is 13.2 Å². The van der Waals surface area contributed by atoms with Gasteiger partial charge in [-0.1, -0.05) is 5.21 Å². The first-order valence-corrected chi connectivity index (χ1v) is 7.96. The van der Waals surface area contributed by atoms with E-state index < -0.39 is 0 Å². The van der Waals surface area contributed by atoms with Gasteiger partial charge in [0.15, 0.2) is 0 Å². The molecular weight excluding hydrogens is 296 g/mol. The Morgan fingerprint density at radius 1 is 1.48 bits per heavy atom. The minimum atomic E-state index is -0.161. The average molecular weight is 318 g/mol. The summed E-state index contributed by atoms with van der Waals surface area (Å²) in [5.41, 5.74) is 1.53. The smallest absolute Gasteiger partial charge is 0.271 e. The zero-order chi connectivity index (χ0) is 16.2. The third-order valence-electron chi connectivity index (χ3n) is 4.22. The lowest BCUT2D eigenvalue weighted by Gasteiger charge is -2.31. The molecular formula is C15H22N6O2. The van der Waals surface area contributed by atoms with Crippen LogP contribution in [0.3, 0.4) is 0 Å². The molecule has 8 heteroatoms. The molecule has 1 aliphatic rings. The fourth-order valence-electron chi connectivity index (χ4n) is 2.93. The summed E-state index contributed by atoms with van der Waals surface area (Å²) in [5.74, 6) is 0.0782. The van der Waals surface area contributed by atoms with E-state index >= 15 is 0 Å². The number of amides is 1. The first-order valence-electron chi connectivity index (χ1n) is 7.96. The van der Waals surface area contributed by atoms with Crippen molar-refractivity contribution in [2.24, 2.45) is 13.0 Å². The van der Waals surface area contributed by atoms with E-state index in [0.717, 1.165) is 31.6 Å². The quantitative estimate of drug-likeness (QED) is 0.886. The lowest BCUT2D eigenvalue weighted by molar-refractivity contribution is -0.0273. The molecule has 0 bridgehead atoms. The van der Waals surface area contributed by atoms with Crippen molar-refractivity contribution in [3.8, 4) is 0 Å². The van der Waals surface area contributed by atoms with Crippen LogP contribution in [0, 0.1) is 5.92 Å². The van der Waals surface area contributed by atoms with Gasteiger partial charge in [0.25, 0.3) is 5.91 Å². The van der Waals surface area contributed by atoms with E-state index in [1.54, 1.807) is 7.05 Å². The Bertz CT molecular complexity index is 664. The molecule has 3 heterocycles. The second-order valence-corrected chi connectivity index (χ2v) is 5.78. The molecule has 3 rings (SSSR count). The molecule has 2 atom stereocenters. The Morgan fingerprint density at radius 2 is 2.35 bits per heavy atom. The Kier molecular flexibility index (Phi) is 4.71. The predicted molar refractivity (Wildman–Crippen MR) is 82.7 cm³/mol.